The van der Waals surface area contributed by atoms with Crippen LogP contribution < -0.4 is 0 Å². The summed E-state index contributed by atoms with van der Waals surface area (Å²) in [7, 11) is 0. The van der Waals surface area contributed by atoms with Gasteiger partial charge in [0.1, 0.15) is 6.10 Å². The fraction of sp³-hybridized carbons (Fsp3) is 0.647. The molecule has 0 saturated carbocycles. The molecule has 1 aromatic carbocycles. The van der Waals surface area contributed by atoms with Gasteiger partial charge in [-0.05, 0) is 30.7 Å². The Bertz CT molecular complexity index is 371. The van der Waals surface area contributed by atoms with Gasteiger partial charge in [0, 0.05) is 6.61 Å². The SMILES string of the molecule is CC(C)C(OCC1CCCCO1)C(O)c1ccccc1. The molecule has 1 aliphatic rings. The van der Waals surface area contributed by atoms with Gasteiger partial charge in [-0.15, -0.1) is 0 Å². The zero-order chi connectivity index (χ0) is 14.4. The molecule has 0 bridgehead atoms. The summed E-state index contributed by atoms with van der Waals surface area (Å²) in [5.41, 5.74) is 0.913. The maximum Gasteiger partial charge on any atom is 0.105 e. The third-order valence-corrected chi connectivity index (χ3v) is 3.86. The summed E-state index contributed by atoms with van der Waals surface area (Å²) in [6, 6.07) is 9.73. The minimum absolute atomic E-state index is 0.188. The van der Waals surface area contributed by atoms with Crippen LogP contribution in [0.3, 0.4) is 0 Å². The van der Waals surface area contributed by atoms with E-state index in [1.165, 1.54) is 6.42 Å². The zero-order valence-electron chi connectivity index (χ0n) is 12.5. The van der Waals surface area contributed by atoms with Gasteiger partial charge < -0.3 is 14.6 Å². The molecule has 3 nitrogen and oxygen atoms in total. The van der Waals surface area contributed by atoms with E-state index in [9.17, 15) is 5.11 Å². The van der Waals surface area contributed by atoms with Crippen molar-refractivity contribution in [3.05, 3.63) is 35.9 Å². The summed E-state index contributed by atoms with van der Waals surface area (Å²) in [5, 5.41) is 10.5. The summed E-state index contributed by atoms with van der Waals surface area (Å²) in [4.78, 5) is 0. The highest BCUT2D eigenvalue weighted by atomic mass is 16.5. The second-order valence-electron chi connectivity index (χ2n) is 5.89. The van der Waals surface area contributed by atoms with E-state index < -0.39 is 6.10 Å². The van der Waals surface area contributed by atoms with Gasteiger partial charge in [-0.3, -0.25) is 0 Å². The molecule has 1 heterocycles. The van der Waals surface area contributed by atoms with Gasteiger partial charge >= 0.3 is 0 Å². The third-order valence-electron chi connectivity index (χ3n) is 3.86. The fourth-order valence-corrected chi connectivity index (χ4v) is 2.65. The van der Waals surface area contributed by atoms with E-state index >= 15 is 0 Å². The highest BCUT2D eigenvalue weighted by Gasteiger charge is 2.26. The van der Waals surface area contributed by atoms with Gasteiger partial charge in [0.05, 0.1) is 18.8 Å². The molecule has 0 aromatic heterocycles. The Balaban J connectivity index is 1.92. The molecule has 20 heavy (non-hydrogen) atoms. The van der Waals surface area contributed by atoms with E-state index in [1.807, 2.05) is 30.3 Å². The second-order valence-corrected chi connectivity index (χ2v) is 5.89. The van der Waals surface area contributed by atoms with Crippen molar-refractivity contribution < 1.29 is 14.6 Å². The van der Waals surface area contributed by atoms with E-state index in [-0.39, 0.29) is 18.1 Å². The van der Waals surface area contributed by atoms with Crippen LogP contribution in [0.4, 0.5) is 0 Å². The Hall–Kier alpha value is -0.900. The van der Waals surface area contributed by atoms with Crippen LogP contribution in [0.5, 0.6) is 0 Å². The van der Waals surface area contributed by atoms with Crippen LogP contribution in [-0.4, -0.2) is 30.5 Å². The topological polar surface area (TPSA) is 38.7 Å². The summed E-state index contributed by atoms with van der Waals surface area (Å²) in [6.45, 7) is 5.57. The lowest BCUT2D eigenvalue weighted by Gasteiger charge is -2.30. The molecule has 0 radical (unpaired) electrons. The van der Waals surface area contributed by atoms with Gasteiger partial charge in [0.15, 0.2) is 0 Å². The van der Waals surface area contributed by atoms with Crippen molar-refractivity contribution in [3.8, 4) is 0 Å². The van der Waals surface area contributed by atoms with Crippen molar-refractivity contribution in [1.29, 1.82) is 0 Å². The predicted molar refractivity (Wildman–Crippen MR) is 79.6 cm³/mol. The van der Waals surface area contributed by atoms with Crippen LogP contribution in [0.25, 0.3) is 0 Å². The molecular weight excluding hydrogens is 252 g/mol. The normalized spacial score (nSPS) is 22.7. The van der Waals surface area contributed by atoms with E-state index in [2.05, 4.69) is 13.8 Å². The van der Waals surface area contributed by atoms with Gasteiger partial charge in [0.2, 0.25) is 0 Å². The molecule has 0 amide bonds. The first kappa shape index (κ1) is 15.5. The maximum atomic E-state index is 10.5. The van der Waals surface area contributed by atoms with Crippen LogP contribution in [0.2, 0.25) is 0 Å². The average molecular weight is 278 g/mol. The van der Waals surface area contributed by atoms with Crippen molar-refractivity contribution in [2.24, 2.45) is 5.92 Å². The van der Waals surface area contributed by atoms with Crippen LogP contribution >= 0.6 is 0 Å². The first-order chi connectivity index (χ1) is 9.68. The molecule has 2 rings (SSSR count). The molecule has 1 saturated heterocycles. The number of benzene rings is 1. The predicted octanol–water partition coefficient (Wildman–Crippen LogP) is 3.33. The first-order valence-corrected chi connectivity index (χ1v) is 7.64. The summed E-state index contributed by atoms with van der Waals surface area (Å²) in [6.07, 6.45) is 2.83. The molecule has 0 spiro atoms. The molecule has 3 unspecified atom stereocenters. The monoisotopic (exact) mass is 278 g/mol. The molecule has 1 N–H and O–H groups in total. The lowest BCUT2D eigenvalue weighted by molar-refractivity contribution is -0.109. The van der Waals surface area contributed by atoms with E-state index in [0.717, 1.165) is 25.0 Å². The molecule has 1 aliphatic heterocycles. The zero-order valence-corrected chi connectivity index (χ0v) is 12.5. The van der Waals surface area contributed by atoms with E-state index in [4.69, 9.17) is 9.47 Å². The molecule has 112 valence electrons. The van der Waals surface area contributed by atoms with Crippen molar-refractivity contribution in [3.63, 3.8) is 0 Å². The van der Waals surface area contributed by atoms with E-state index in [0.29, 0.717) is 6.61 Å². The molecule has 3 atom stereocenters. The van der Waals surface area contributed by atoms with Gasteiger partial charge in [-0.2, -0.15) is 0 Å². The molecule has 1 fully saturated rings. The summed E-state index contributed by atoms with van der Waals surface area (Å²) >= 11 is 0. The van der Waals surface area contributed by atoms with Gasteiger partial charge in [-0.1, -0.05) is 44.2 Å². The number of aliphatic hydroxyl groups is 1. The number of rotatable bonds is 6. The molecule has 3 heteroatoms. The Labute approximate surface area is 121 Å². The lowest BCUT2D eigenvalue weighted by Crippen LogP contribution is -2.33. The van der Waals surface area contributed by atoms with Crippen molar-refractivity contribution in [1.82, 2.24) is 0 Å². The quantitative estimate of drug-likeness (QED) is 0.867. The minimum atomic E-state index is -0.584. The van der Waals surface area contributed by atoms with Crippen LogP contribution in [0.15, 0.2) is 30.3 Å². The number of aliphatic hydroxyl groups excluding tert-OH is 1. The van der Waals surface area contributed by atoms with Crippen molar-refractivity contribution in [2.45, 2.75) is 51.4 Å². The molecule has 0 aliphatic carbocycles. The number of ether oxygens (including phenoxy) is 2. The van der Waals surface area contributed by atoms with Crippen LogP contribution in [-0.2, 0) is 9.47 Å². The highest BCUT2D eigenvalue weighted by molar-refractivity contribution is 5.18. The Morgan fingerprint density at radius 1 is 1.25 bits per heavy atom. The maximum absolute atomic E-state index is 10.5. The molecule has 1 aromatic rings. The Morgan fingerprint density at radius 2 is 2.00 bits per heavy atom. The van der Waals surface area contributed by atoms with Crippen molar-refractivity contribution >= 4 is 0 Å². The van der Waals surface area contributed by atoms with Crippen LogP contribution in [0, 0.1) is 5.92 Å². The Kier molecular flexibility index (Phi) is 6.02. The highest BCUT2D eigenvalue weighted by Crippen LogP contribution is 2.25. The Morgan fingerprint density at radius 3 is 2.60 bits per heavy atom. The smallest absolute Gasteiger partial charge is 0.105 e. The van der Waals surface area contributed by atoms with Crippen LogP contribution in [0.1, 0.15) is 44.8 Å². The van der Waals surface area contributed by atoms with Gasteiger partial charge in [0.25, 0.3) is 0 Å². The summed E-state index contributed by atoms with van der Waals surface area (Å²) in [5.74, 6) is 0.258. The first-order valence-electron chi connectivity index (χ1n) is 7.64. The largest absolute Gasteiger partial charge is 0.386 e. The standard InChI is InChI=1S/C17H26O3/c1-13(2)17(16(18)14-8-4-3-5-9-14)20-12-15-10-6-7-11-19-15/h3-5,8-9,13,15-18H,6-7,10-12H2,1-2H3. The number of hydrogen-bond acceptors (Lipinski definition) is 3. The fourth-order valence-electron chi connectivity index (χ4n) is 2.65. The minimum Gasteiger partial charge on any atom is -0.386 e. The third kappa shape index (κ3) is 4.30. The average Bonchev–Trinajstić information content (AvgIpc) is 2.49. The molecular formula is C17H26O3. The number of hydrogen-bond donors (Lipinski definition) is 1. The summed E-state index contributed by atoms with van der Waals surface area (Å²) < 4.78 is 11.7. The van der Waals surface area contributed by atoms with E-state index in [1.54, 1.807) is 0 Å². The van der Waals surface area contributed by atoms with Gasteiger partial charge in [-0.25, -0.2) is 0 Å². The van der Waals surface area contributed by atoms with Crippen molar-refractivity contribution in [2.75, 3.05) is 13.2 Å². The lowest BCUT2D eigenvalue weighted by atomic mass is 9.96. The second kappa shape index (κ2) is 7.77.